The zero-order valence-electron chi connectivity index (χ0n) is 48.5. The molecule has 1 saturated heterocycles. The highest BCUT2D eigenvalue weighted by Gasteiger charge is 2.44. The molecule has 0 aliphatic carbocycles. The van der Waals surface area contributed by atoms with Gasteiger partial charge < -0.3 is 40.3 Å². The lowest BCUT2D eigenvalue weighted by atomic mass is 9.99. The molecular formula is C66H119NO8. The van der Waals surface area contributed by atoms with Gasteiger partial charge in [-0.2, -0.15) is 0 Å². The molecule has 1 heterocycles. The number of allylic oxidation sites excluding steroid dienone is 11. The molecule has 1 fully saturated rings. The number of ether oxygens (including phenoxy) is 2. The molecule has 0 radical (unpaired) electrons. The first-order valence-corrected chi connectivity index (χ1v) is 31.7. The number of aliphatic hydroxyl groups excluding tert-OH is 5. The third-order valence-electron chi connectivity index (χ3n) is 14.7. The average Bonchev–Trinajstić information content (AvgIpc) is 3.41. The van der Waals surface area contributed by atoms with E-state index in [1.165, 1.54) is 199 Å². The van der Waals surface area contributed by atoms with E-state index in [-0.39, 0.29) is 12.5 Å². The van der Waals surface area contributed by atoms with Crippen LogP contribution >= 0.6 is 0 Å². The van der Waals surface area contributed by atoms with Gasteiger partial charge in [-0.1, -0.05) is 267 Å². The van der Waals surface area contributed by atoms with Gasteiger partial charge in [0.25, 0.3) is 0 Å². The van der Waals surface area contributed by atoms with Crippen molar-refractivity contribution in [2.24, 2.45) is 0 Å². The van der Waals surface area contributed by atoms with Crippen LogP contribution in [0.4, 0.5) is 0 Å². The van der Waals surface area contributed by atoms with Gasteiger partial charge in [-0.25, -0.2) is 0 Å². The highest BCUT2D eigenvalue weighted by atomic mass is 16.7. The molecule has 9 nitrogen and oxygen atoms in total. The van der Waals surface area contributed by atoms with E-state index in [4.69, 9.17) is 9.47 Å². The van der Waals surface area contributed by atoms with Crippen molar-refractivity contribution in [2.75, 3.05) is 13.2 Å². The fraction of sp³-hybridized carbons (Fsp3) is 0.803. The van der Waals surface area contributed by atoms with Gasteiger partial charge in [0.1, 0.15) is 24.4 Å². The number of carbonyl (C=O) groups is 1. The van der Waals surface area contributed by atoms with Crippen molar-refractivity contribution in [3.05, 3.63) is 72.9 Å². The topological polar surface area (TPSA) is 149 Å². The van der Waals surface area contributed by atoms with Crippen molar-refractivity contribution >= 4 is 5.91 Å². The molecule has 6 N–H and O–H groups in total. The molecule has 0 aromatic heterocycles. The van der Waals surface area contributed by atoms with Crippen LogP contribution in [-0.2, 0) is 14.3 Å². The lowest BCUT2D eigenvalue weighted by Gasteiger charge is -2.40. The Bertz CT molecular complexity index is 1410. The van der Waals surface area contributed by atoms with Gasteiger partial charge in [-0.05, 0) is 83.5 Å². The van der Waals surface area contributed by atoms with Gasteiger partial charge in [0.15, 0.2) is 6.29 Å². The first-order chi connectivity index (χ1) is 36.8. The van der Waals surface area contributed by atoms with Gasteiger partial charge in [-0.3, -0.25) is 4.79 Å². The van der Waals surface area contributed by atoms with E-state index in [1.807, 2.05) is 6.08 Å². The summed E-state index contributed by atoms with van der Waals surface area (Å²) < 4.78 is 11.2. The van der Waals surface area contributed by atoms with Crippen molar-refractivity contribution in [1.82, 2.24) is 5.32 Å². The summed E-state index contributed by atoms with van der Waals surface area (Å²) in [6.07, 6.45) is 70.1. The number of amides is 1. The highest BCUT2D eigenvalue weighted by molar-refractivity contribution is 5.76. The number of rotatable bonds is 54. The van der Waals surface area contributed by atoms with Gasteiger partial charge in [0, 0.05) is 6.42 Å². The Labute approximate surface area is 461 Å². The number of unbranched alkanes of at least 4 members (excludes halogenated alkanes) is 34. The molecule has 7 atom stereocenters. The first kappa shape index (κ1) is 70.6. The quantitative estimate of drug-likeness (QED) is 0.0261. The monoisotopic (exact) mass is 1050 g/mol. The summed E-state index contributed by atoms with van der Waals surface area (Å²) in [5, 5.41) is 54.4. The summed E-state index contributed by atoms with van der Waals surface area (Å²) in [6, 6.07) is -0.828. The van der Waals surface area contributed by atoms with Crippen molar-refractivity contribution in [1.29, 1.82) is 0 Å². The summed E-state index contributed by atoms with van der Waals surface area (Å²) in [7, 11) is 0. The molecule has 7 unspecified atom stereocenters. The lowest BCUT2D eigenvalue weighted by molar-refractivity contribution is -0.302. The van der Waals surface area contributed by atoms with Crippen molar-refractivity contribution < 1.29 is 39.8 Å². The van der Waals surface area contributed by atoms with Crippen LogP contribution in [0, 0.1) is 0 Å². The molecule has 0 bridgehead atoms. The zero-order valence-corrected chi connectivity index (χ0v) is 48.5. The molecule has 1 aliphatic heterocycles. The molecule has 1 amide bonds. The van der Waals surface area contributed by atoms with Crippen LogP contribution in [0.3, 0.4) is 0 Å². The van der Waals surface area contributed by atoms with Crippen LogP contribution in [0.2, 0.25) is 0 Å². The molecule has 9 heteroatoms. The molecule has 1 rings (SSSR count). The standard InChI is InChI=1S/C66H119NO8/c1-3-5-7-9-11-13-15-17-18-19-20-21-22-23-24-25-26-27-28-29-30-31-32-33-34-35-36-37-38-39-40-41-42-44-46-48-50-52-54-56-62(70)67-59(58-74-66-65(73)64(72)63(71)61(57-68)75-66)60(69)55-53-51-49-47-45-43-16-14-12-10-8-6-4-2/h12,14-15,17,19-20,22-23,45,47,53,55,59-61,63-66,68-69,71-73H,3-11,13,16,18,21,24-44,46,48-52,54,56-58H2,1-2H3,(H,67,70)/b14-12+,17-15-,20-19-,23-22-,47-45+,55-53+. The third-order valence-corrected chi connectivity index (χ3v) is 14.7. The number of carbonyl (C=O) groups excluding carboxylic acids is 1. The smallest absolute Gasteiger partial charge is 0.220 e. The fourth-order valence-electron chi connectivity index (χ4n) is 9.73. The second-order valence-corrected chi connectivity index (χ2v) is 21.8. The maximum atomic E-state index is 13.0. The van der Waals surface area contributed by atoms with Crippen LogP contribution in [0.5, 0.6) is 0 Å². The third kappa shape index (κ3) is 44.2. The first-order valence-electron chi connectivity index (χ1n) is 31.7. The molecule has 0 aromatic rings. The summed E-state index contributed by atoms with van der Waals surface area (Å²) in [5.41, 5.74) is 0. The second kappa shape index (κ2) is 55.0. The Kier molecular flexibility index (Phi) is 51.8. The van der Waals surface area contributed by atoms with E-state index in [1.54, 1.807) is 6.08 Å². The molecular weight excluding hydrogens is 935 g/mol. The van der Waals surface area contributed by atoms with Crippen LogP contribution in [0.25, 0.3) is 0 Å². The SMILES string of the molecule is CCCCC/C=C/CC/C=C/CC/C=C/C(O)C(COC1OC(CO)C(O)C(O)C1O)NC(=O)CCCCCCCCCCCCCCCCCCCCCCCCCC/C=C\C/C=C\C/C=C\CCCCCCC. The van der Waals surface area contributed by atoms with Crippen LogP contribution < -0.4 is 5.32 Å². The predicted octanol–water partition coefficient (Wildman–Crippen LogP) is 16.4. The van der Waals surface area contributed by atoms with Gasteiger partial charge in [0.05, 0.1) is 25.4 Å². The second-order valence-electron chi connectivity index (χ2n) is 21.8. The Morgan fingerprint density at radius 3 is 1.24 bits per heavy atom. The lowest BCUT2D eigenvalue weighted by Crippen LogP contribution is -2.60. The van der Waals surface area contributed by atoms with E-state index in [0.717, 1.165) is 64.2 Å². The molecule has 0 saturated carbocycles. The van der Waals surface area contributed by atoms with Crippen molar-refractivity contribution in [3.63, 3.8) is 0 Å². The maximum absolute atomic E-state index is 13.0. The van der Waals surface area contributed by atoms with E-state index >= 15 is 0 Å². The summed E-state index contributed by atoms with van der Waals surface area (Å²) in [5.74, 6) is -0.189. The molecule has 1 aliphatic rings. The largest absolute Gasteiger partial charge is 0.394 e. The number of nitrogens with one attached hydrogen (secondary N) is 1. The normalized spacial score (nSPS) is 19.4. The van der Waals surface area contributed by atoms with Crippen LogP contribution in [-0.4, -0.2) is 87.5 Å². The minimum absolute atomic E-state index is 0.189. The Morgan fingerprint density at radius 1 is 0.453 bits per heavy atom. The van der Waals surface area contributed by atoms with Gasteiger partial charge >= 0.3 is 0 Å². The van der Waals surface area contributed by atoms with Crippen LogP contribution in [0.1, 0.15) is 284 Å². The molecule has 0 spiro atoms. The number of hydrogen-bond acceptors (Lipinski definition) is 8. The van der Waals surface area contributed by atoms with Gasteiger partial charge in [0.2, 0.25) is 5.91 Å². The molecule has 436 valence electrons. The number of aliphatic hydroxyl groups is 5. The maximum Gasteiger partial charge on any atom is 0.220 e. The molecule has 0 aromatic carbocycles. The number of hydrogen-bond donors (Lipinski definition) is 6. The Balaban J connectivity index is 2.05. The summed E-state index contributed by atoms with van der Waals surface area (Å²) in [6.45, 7) is 3.72. The minimum Gasteiger partial charge on any atom is -0.394 e. The molecule has 75 heavy (non-hydrogen) atoms. The van der Waals surface area contributed by atoms with Crippen molar-refractivity contribution in [3.8, 4) is 0 Å². The Hall–Kier alpha value is -2.37. The highest BCUT2D eigenvalue weighted by Crippen LogP contribution is 2.23. The summed E-state index contributed by atoms with van der Waals surface area (Å²) in [4.78, 5) is 13.0. The van der Waals surface area contributed by atoms with Gasteiger partial charge in [-0.15, -0.1) is 0 Å². The zero-order chi connectivity index (χ0) is 54.3. The van der Waals surface area contributed by atoms with Crippen LogP contribution in [0.15, 0.2) is 72.9 Å². The minimum atomic E-state index is -1.58. The van der Waals surface area contributed by atoms with E-state index in [9.17, 15) is 30.3 Å². The van der Waals surface area contributed by atoms with E-state index in [2.05, 4.69) is 79.9 Å². The van der Waals surface area contributed by atoms with Crippen molar-refractivity contribution in [2.45, 2.75) is 326 Å². The van der Waals surface area contributed by atoms with E-state index < -0.39 is 49.5 Å². The summed E-state index contributed by atoms with van der Waals surface area (Å²) >= 11 is 0. The average molecular weight is 1050 g/mol. The Morgan fingerprint density at radius 2 is 0.800 bits per heavy atom. The van der Waals surface area contributed by atoms with E-state index in [0.29, 0.717) is 6.42 Å². The fourth-order valence-corrected chi connectivity index (χ4v) is 9.73. The predicted molar refractivity (Wildman–Crippen MR) is 318 cm³/mol.